The van der Waals surface area contributed by atoms with Gasteiger partial charge in [0.15, 0.2) is 0 Å². The number of para-hydroxylation sites is 2. The third kappa shape index (κ3) is 3.85. The first-order chi connectivity index (χ1) is 15.6. The lowest BCUT2D eigenvalue weighted by Gasteiger charge is -2.29. The Bertz CT molecular complexity index is 1350. The summed E-state index contributed by atoms with van der Waals surface area (Å²) in [6.45, 7) is 1.66. The van der Waals surface area contributed by atoms with E-state index in [0.29, 0.717) is 36.5 Å². The molecule has 0 aliphatic carbocycles. The van der Waals surface area contributed by atoms with Crippen molar-refractivity contribution in [2.45, 2.75) is 13.1 Å². The molecular weight excluding hydrogens is 474 g/mol. The molecule has 1 aliphatic heterocycles. The number of fused-ring (bicyclic) bond motifs is 3. The maximum Gasteiger partial charge on any atom is 0.235 e. The van der Waals surface area contributed by atoms with Crippen LogP contribution in [0.25, 0.3) is 11.0 Å². The second-order valence-electron chi connectivity index (χ2n) is 7.45. The SMILES string of the molecule is COc1ccccc1CN1COc2ccc3c(=O)c(Oc4ccccc4Br)coc3c2C1. The minimum Gasteiger partial charge on any atom is -0.496 e. The van der Waals surface area contributed by atoms with Crippen molar-refractivity contribution < 1.29 is 18.6 Å². The highest BCUT2D eigenvalue weighted by atomic mass is 79.9. The Morgan fingerprint density at radius 3 is 2.59 bits per heavy atom. The molecule has 0 bridgehead atoms. The third-order valence-electron chi connectivity index (χ3n) is 5.40. The first-order valence-corrected chi connectivity index (χ1v) is 10.9. The number of methoxy groups -OCH3 is 1. The van der Waals surface area contributed by atoms with Crippen LogP contribution in [0.4, 0.5) is 0 Å². The fraction of sp³-hybridized carbons (Fsp3) is 0.160. The average Bonchev–Trinajstić information content (AvgIpc) is 2.82. The van der Waals surface area contributed by atoms with E-state index >= 15 is 0 Å². The van der Waals surface area contributed by atoms with Crippen LogP contribution in [0.2, 0.25) is 0 Å². The molecule has 0 fully saturated rings. The quantitative estimate of drug-likeness (QED) is 0.354. The largest absolute Gasteiger partial charge is 0.496 e. The molecule has 0 spiro atoms. The number of hydrogen-bond acceptors (Lipinski definition) is 6. The molecule has 0 saturated carbocycles. The van der Waals surface area contributed by atoms with Gasteiger partial charge in [0, 0.05) is 18.7 Å². The van der Waals surface area contributed by atoms with E-state index in [-0.39, 0.29) is 11.2 Å². The van der Waals surface area contributed by atoms with Crippen molar-refractivity contribution in [1.29, 1.82) is 0 Å². The van der Waals surface area contributed by atoms with Crippen molar-refractivity contribution in [1.82, 2.24) is 4.90 Å². The second kappa shape index (κ2) is 8.68. The fourth-order valence-corrected chi connectivity index (χ4v) is 4.20. The topological polar surface area (TPSA) is 61.1 Å². The van der Waals surface area contributed by atoms with E-state index in [2.05, 4.69) is 20.8 Å². The van der Waals surface area contributed by atoms with E-state index in [1.165, 1.54) is 6.26 Å². The van der Waals surface area contributed by atoms with E-state index in [0.717, 1.165) is 27.1 Å². The van der Waals surface area contributed by atoms with Crippen LogP contribution >= 0.6 is 15.9 Å². The zero-order valence-electron chi connectivity index (χ0n) is 17.3. The summed E-state index contributed by atoms with van der Waals surface area (Å²) in [7, 11) is 1.66. The van der Waals surface area contributed by atoms with Gasteiger partial charge < -0.3 is 18.6 Å². The Kier molecular flexibility index (Phi) is 5.59. The Morgan fingerprint density at radius 1 is 1.00 bits per heavy atom. The number of rotatable bonds is 5. The highest BCUT2D eigenvalue weighted by Crippen LogP contribution is 2.34. The molecule has 2 heterocycles. The summed E-state index contributed by atoms with van der Waals surface area (Å²) in [5.74, 6) is 2.23. The molecule has 1 aromatic heterocycles. The predicted molar refractivity (Wildman–Crippen MR) is 124 cm³/mol. The summed E-state index contributed by atoms with van der Waals surface area (Å²) < 4.78 is 23.9. The number of ether oxygens (including phenoxy) is 3. The Labute approximate surface area is 193 Å². The highest BCUT2D eigenvalue weighted by Gasteiger charge is 2.23. The molecule has 4 aromatic rings. The summed E-state index contributed by atoms with van der Waals surface area (Å²) in [4.78, 5) is 15.2. The van der Waals surface area contributed by atoms with Gasteiger partial charge in [-0.05, 0) is 46.3 Å². The predicted octanol–water partition coefficient (Wildman–Crippen LogP) is 5.71. The molecule has 3 aromatic carbocycles. The molecule has 32 heavy (non-hydrogen) atoms. The Hall–Kier alpha value is -3.29. The molecule has 0 atom stereocenters. The van der Waals surface area contributed by atoms with E-state index in [9.17, 15) is 4.79 Å². The van der Waals surface area contributed by atoms with Crippen molar-refractivity contribution in [2.24, 2.45) is 0 Å². The van der Waals surface area contributed by atoms with Crippen LogP contribution in [0, 0.1) is 0 Å². The lowest BCUT2D eigenvalue weighted by atomic mass is 10.1. The van der Waals surface area contributed by atoms with Crippen LogP contribution in [0.5, 0.6) is 23.0 Å². The number of halogens is 1. The molecule has 5 rings (SSSR count). The minimum atomic E-state index is -0.230. The van der Waals surface area contributed by atoms with E-state index in [4.69, 9.17) is 18.6 Å². The van der Waals surface area contributed by atoms with Crippen LogP contribution in [0.15, 0.2) is 80.6 Å². The molecule has 0 amide bonds. The van der Waals surface area contributed by atoms with Gasteiger partial charge in [0.25, 0.3) is 0 Å². The molecule has 0 saturated heterocycles. The lowest BCUT2D eigenvalue weighted by molar-refractivity contribution is 0.0882. The van der Waals surface area contributed by atoms with Crippen LogP contribution in [-0.2, 0) is 13.1 Å². The number of benzene rings is 3. The van der Waals surface area contributed by atoms with Gasteiger partial charge in [0.1, 0.15) is 35.8 Å². The third-order valence-corrected chi connectivity index (χ3v) is 6.05. The van der Waals surface area contributed by atoms with Gasteiger partial charge in [0.05, 0.1) is 22.5 Å². The standard InChI is InChI=1S/C25H20BrNO5/c1-29-20-8-4-2-6-16(20)12-27-13-18-21(31-15-27)11-10-17-24(28)23(14-30-25(17)18)32-22-9-5-3-7-19(22)26/h2-11,14H,12-13,15H2,1H3. The van der Waals surface area contributed by atoms with Gasteiger partial charge >= 0.3 is 0 Å². The van der Waals surface area contributed by atoms with E-state index in [1.54, 1.807) is 19.2 Å². The monoisotopic (exact) mass is 493 g/mol. The van der Waals surface area contributed by atoms with Crippen molar-refractivity contribution in [2.75, 3.05) is 13.8 Å². The van der Waals surface area contributed by atoms with Gasteiger partial charge in [-0.3, -0.25) is 9.69 Å². The fourth-order valence-electron chi connectivity index (χ4n) is 3.83. The van der Waals surface area contributed by atoms with Crippen molar-refractivity contribution in [3.8, 4) is 23.0 Å². The molecule has 7 heteroatoms. The number of nitrogens with zero attached hydrogens (tertiary/aromatic N) is 1. The molecule has 6 nitrogen and oxygen atoms in total. The maximum atomic E-state index is 13.1. The molecule has 0 radical (unpaired) electrons. The summed E-state index contributed by atoms with van der Waals surface area (Å²) in [6, 6.07) is 18.8. The minimum absolute atomic E-state index is 0.131. The first-order valence-electron chi connectivity index (χ1n) is 10.1. The first kappa shape index (κ1) is 20.6. The zero-order chi connectivity index (χ0) is 22.1. The van der Waals surface area contributed by atoms with E-state index in [1.807, 2.05) is 48.5 Å². The number of hydrogen-bond donors (Lipinski definition) is 0. The normalized spacial score (nSPS) is 13.4. The second-order valence-corrected chi connectivity index (χ2v) is 8.31. The van der Waals surface area contributed by atoms with Crippen LogP contribution in [0.1, 0.15) is 11.1 Å². The maximum absolute atomic E-state index is 13.1. The van der Waals surface area contributed by atoms with Crippen molar-refractivity contribution >= 4 is 26.9 Å². The highest BCUT2D eigenvalue weighted by molar-refractivity contribution is 9.10. The van der Waals surface area contributed by atoms with Crippen LogP contribution < -0.4 is 19.6 Å². The van der Waals surface area contributed by atoms with Crippen molar-refractivity contribution in [3.05, 3.63) is 92.7 Å². The summed E-state index contributed by atoms with van der Waals surface area (Å²) in [5, 5.41) is 0.455. The van der Waals surface area contributed by atoms with Crippen molar-refractivity contribution in [3.63, 3.8) is 0 Å². The Balaban J connectivity index is 1.47. The summed E-state index contributed by atoms with van der Waals surface area (Å²) in [6.07, 6.45) is 1.36. The van der Waals surface area contributed by atoms with Gasteiger partial charge in [-0.2, -0.15) is 0 Å². The summed E-state index contributed by atoms with van der Waals surface area (Å²) >= 11 is 3.43. The average molecular weight is 494 g/mol. The van der Waals surface area contributed by atoms with Gasteiger partial charge in [-0.15, -0.1) is 0 Å². The molecule has 162 valence electrons. The lowest BCUT2D eigenvalue weighted by Crippen LogP contribution is -2.32. The molecule has 1 aliphatic rings. The van der Waals surface area contributed by atoms with Gasteiger partial charge in [0.2, 0.25) is 11.2 Å². The van der Waals surface area contributed by atoms with Gasteiger partial charge in [-0.25, -0.2) is 0 Å². The van der Waals surface area contributed by atoms with Gasteiger partial charge in [-0.1, -0.05) is 30.3 Å². The smallest absolute Gasteiger partial charge is 0.235 e. The molecule has 0 N–H and O–H groups in total. The molecule has 0 unspecified atom stereocenters. The Morgan fingerprint density at radius 2 is 1.78 bits per heavy atom. The van der Waals surface area contributed by atoms with Crippen LogP contribution in [0.3, 0.4) is 0 Å². The van der Waals surface area contributed by atoms with Crippen LogP contribution in [-0.4, -0.2) is 18.7 Å². The molecular formula is C25H20BrNO5. The summed E-state index contributed by atoms with van der Waals surface area (Å²) in [5.41, 5.74) is 2.18. The van der Waals surface area contributed by atoms with E-state index < -0.39 is 0 Å². The zero-order valence-corrected chi connectivity index (χ0v) is 18.9.